The molecule has 0 unspecified atom stereocenters. The van der Waals surface area contributed by atoms with E-state index in [1.165, 1.54) is 0 Å². The number of benzene rings is 1. The number of aromatic nitrogens is 2. The average Bonchev–Trinajstić information content (AvgIpc) is 2.73. The summed E-state index contributed by atoms with van der Waals surface area (Å²) in [5.74, 6) is 0.944. The first kappa shape index (κ1) is 20.8. The number of methoxy groups -OCH3 is 1. The van der Waals surface area contributed by atoms with Crippen LogP contribution in [0.5, 0.6) is 5.75 Å². The van der Waals surface area contributed by atoms with Gasteiger partial charge in [0.05, 0.1) is 30.1 Å². The summed E-state index contributed by atoms with van der Waals surface area (Å²) in [6, 6.07) is 7.09. The normalized spacial score (nSPS) is 16.6. The van der Waals surface area contributed by atoms with Crippen LogP contribution in [0.2, 0.25) is 0 Å². The van der Waals surface area contributed by atoms with Gasteiger partial charge in [0, 0.05) is 18.7 Å². The van der Waals surface area contributed by atoms with Crippen LogP contribution in [-0.2, 0) is 4.79 Å². The number of nitrogens with one attached hydrogen (secondary N) is 1. The lowest BCUT2D eigenvalue weighted by molar-refractivity contribution is -0.138. The number of rotatable bonds is 5. The lowest BCUT2D eigenvalue weighted by Crippen LogP contribution is -2.41. The fraction of sp³-hybridized carbons (Fsp3) is 0.455. The van der Waals surface area contributed by atoms with Gasteiger partial charge in [0.25, 0.3) is 5.91 Å². The molecule has 2 heterocycles. The molecule has 1 aliphatic heterocycles. The van der Waals surface area contributed by atoms with Crippen LogP contribution in [0, 0.1) is 12.8 Å². The molecule has 1 aromatic carbocycles. The summed E-state index contributed by atoms with van der Waals surface area (Å²) in [6.07, 6.45) is 4.41. The van der Waals surface area contributed by atoms with E-state index in [0.717, 1.165) is 25.8 Å². The van der Waals surface area contributed by atoms with Gasteiger partial charge in [-0.1, -0.05) is 26.0 Å². The molecule has 2 aromatic rings. The first-order valence-electron chi connectivity index (χ1n) is 10.0. The maximum absolute atomic E-state index is 12.7. The molecule has 0 radical (unpaired) electrons. The van der Waals surface area contributed by atoms with E-state index in [1.807, 2.05) is 30.9 Å². The zero-order valence-electron chi connectivity index (χ0n) is 17.4. The van der Waals surface area contributed by atoms with Crippen molar-refractivity contribution in [1.29, 1.82) is 0 Å². The molecule has 1 aliphatic rings. The van der Waals surface area contributed by atoms with E-state index in [-0.39, 0.29) is 23.8 Å². The molecular formula is C22H28N4O3. The number of amides is 2. The number of aryl methyl sites for hydroxylation is 1. The highest BCUT2D eigenvalue weighted by Gasteiger charge is 2.31. The van der Waals surface area contributed by atoms with E-state index in [1.54, 1.807) is 32.4 Å². The van der Waals surface area contributed by atoms with Gasteiger partial charge >= 0.3 is 0 Å². The second kappa shape index (κ2) is 9.03. The molecule has 1 saturated heterocycles. The summed E-state index contributed by atoms with van der Waals surface area (Å²) in [5, 5.41) is 2.85. The molecule has 0 aliphatic carbocycles. The van der Waals surface area contributed by atoms with Gasteiger partial charge in [-0.25, -0.2) is 9.97 Å². The van der Waals surface area contributed by atoms with Gasteiger partial charge in [0.15, 0.2) is 5.82 Å². The minimum Gasteiger partial charge on any atom is -0.495 e. The zero-order chi connectivity index (χ0) is 21.0. The van der Waals surface area contributed by atoms with Crippen molar-refractivity contribution in [2.24, 2.45) is 5.92 Å². The Morgan fingerprint density at radius 1 is 1.24 bits per heavy atom. The monoisotopic (exact) mass is 396 g/mol. The van der Waals surface area contributed by atoms with Gasteiger partial charge in [-0.2, -0.15) is 0 Å². The summed E-state index contributed by atoms with van der Waals surface area (Å²) in [5.41, 5.74) is 1.58. The van der Waals surface area contributed by atoms with Crippen LogP contribution in [0.4, 0.5) is 5.69 Å². The topological polar surface area (TPSA) is 84.4 Å². The quantitative estimate of drug-likeness (QED) is 0.832. The van der Waals surface area contributed by atoms with Crippen molar-refractivity contribution in [3.63, 3.8) is 0 Å². The Hall–Kier alpha value is -2.96. The van der Waals surface area contributed by atoms with Crippen molar-refractivity contribution in [1.82, 2.24) is 14.9 Å². The predicted octanol–water partition coefficient (Wildman–Crippen LogP) is 3.76. The fourth-order valence-electron chi connectivity index (χ4n) is 3.60. The van der Waals surface area contributed by atoms with Crippen molar-refractivity contribution in [3.05, 3.63) is 47.5 Å². The summed E-state index contributed by atoms with van der Waals surface area (Å²) >= 11 is 0. The number of anilines is 1. The van der Waals surface area contributed by atoms with Crippen LogP contribution in [0.3, 0.4) is 0 Å². The molecule has 7 heteroatoms. The third-order valence-corrected chi connectivity index (χ3v) is 5.18. The van der Waals surface area contributed by atoms with Crippen LogP contribution < -0.4 is 10.1 Å². The molecule has 154 valence electrons. The number of likely N-dealkylation sites (tertiary alicyclic amines) is 1. The van der Waals surface area contributed by atoms with E-state index in [2.05, 4.69) is 15.3 Å². The Kier molecular flexibility index (Phi) is 6.46. The van der Waals surface area contributed by atoms with Crippen molar-refractivity contribution >= 4 is 17.5 Å². The van der Waals surface area contributed by atoms with Gasteiger partial charge in [-0.15, -0.1) is 0 Å². The van der Waals surface area contributed by atoms with Crippen molar-refractivity contribution in [2.45, 2.75) is 46.1 Å². The SMILES string of the molecule is COc1ccccc1NC(=O)c1cnc([C@H]2CCCCN2C(=O)C(C)C)nc1C. The summed E-state index contributed by atoms with van der Waals surface area (Å²) in [7, 11) is 1.56. The third kappa shape index (κ3) is 4.55. The Morgan fingerprint density at radius 2 is 2.00 bits per heavy atom. The van der Waals surface area contributed by atoms with Crippen LogP contribution in [0.25, 0.3) is 0 Å². The van der Waals surface area contributed by atoms with Gasteiger partial charge in [-0.3, -0.25) is 9.59 Å². The third-order valence-electron chi connectivity index (χ3n) is 5.18. The van der Waals surface area contributed by atoms with Gasteiger partial charge in [0.2, 0.25) is 5.91 Å². The molecule has 3 rings (SSSR count). The van der Waals surface area contributed by atoms with E-state index in [4.69, 9.17) is 4.74 Å². The van der Waals surface area contributed by atoms with Crippen LogP contribution in [0.1, 0.15) is 61.0 Å². The van der Waals surface area contributed by atoms with E-state index >= 15 is 0 Å². The number of hydrogen-bond donors (Lipinski definition) is 1. The Morgan fingerprint density at radius 3 is 2.69 bits per heavy atom. The maximum atomic E-state index is 12.7. The molecule has 1 aromatic heterocycles. The molecule has 1 N–H and O–H groups in total. The lowest BCUT2D eigenvalue weighted by atomic mass is 9.99. The number of carbonyl (C=O) groups excluding carboxylic acids is 2. The summed E-state index contributed by atoms with van der Waals surface area (Å²) < 4.78 is 5.28. The Labute approximate surface area is 171 Å². The molecular weight excluding hydrogens is 368 g/mol. The number of ether oxygens (including phenoxy) is 1. The highest BCUT2D eigenvalue weighted by atomic mass is 16.5. The molecule has 0 spiro atoms. The van der Waals surface area contributed by atoms with Crippen LogP contribution in [-0.4, -0.2) is 40.3 Å². The second-order valence-electron chi connectivity index (χ2n) is 7.58. The Bertz CT molecular complexity index is 897. The van der Waals surface area contributed by atoms with E-state index in [0.29, 0.717) is 28.5 Å². The minimum atomic E-state index is -0.294. The van der Waals surface area contributed by atoms with Crippen LogP contribution >= 0.6 is 0 Å². The zero-order valence-corrected chi connectivity index (χ0v) is 17.4. The molecule has 0 bridgehead atoms. The second-order valence-corrected chi connectivity index (χ2v) is 7.58. The summed E-state index contributed by atoms with van der Waals surface area (Å²) in [4.78, 5) is 36.3. The maximum Gasteiger partial charge on any atom is 0.259 e. The summed E-state index contributed by atoms with van der Waals surface area (Å²) in [6.45, 7) is 6.33. The van der Waals surface area contributed by atoms with E-state index in [9.17, 15) is 9.59 Å². The number of piperidine rings is 1. The lowest BCUT2D eigenvalue weighted by Gasteiger charge is -2.36. The predicted molar refractivity (Wildman–Crippen MR) is 111 cm³/mol. The molecule has 29 heavy (non-hydrogen) atoms. The van der Waals surface area contributed by atoms with Crippen molar-refractivity contribution in [2.75, 3.05) is 19.0 Å². The van der Waals surface area contributed by atoms with Crippen LogP contribution in [0.15, 0.2) is 30.5 Å². The number of hydrogen-bond acceptors (Lipinski definition) is 5. The number of carbonyl (C=O) groups is 2. The molecule has 1 fully saturated rings. The van der Waals surface area contributed by atoms with Gasteiger partial charge < -0.3 is 15.0 Å². The number of nitrogens with zero attached hydrogens (tertiary/aromatic N) is 3. The minimum absolute atomic E-state index is 0.0670. The standard InChI is InChI=1S/C22H28N4O3/c1-14(2)22(28)26-12-8-7-10-18(26)20-23-13-16(15(3)24-20)21(27)25-17-9-5-6-11-19(17)29-4/h5-6,9,11,13-14,18H,7-8,10,12H2,1-4H3,(H,25,27)/t18-/m1/s1. The first-order valence-corrected chi connectivity index (χ1v) is 10.0. The molecule has 0 saturated carbocycles. The van der Waals surface area contributed by atoms with Gasteiger partial charge in [-0.05, 0) is 38.3 Å². The fourth-order valence-corrected chi connectivity index (χ4v) is 3.60. The average molecular weight is 396 g/mol. The molecule has 1 atom stereocenters. The van der Waals surface area contributed by atoms with Gasteiger partial charge in [0.1, 0.15) is 5.75 Å². The highest BCUT2D eigenvalue weighted by Crippen LogP contribution is 2.30. The molecule has 2 amide bonds. The highest BCUT2D eigenvalue weighted by molar-refractivity contribution is 6.05. The van der Waals surface area contributed by atoms with Crippen molar-refractivity contribution in [3.8, 4) is 5.75 Å². The smallest absolute Gasteiger partial charge is 0.259 e. The molecule has 7 nitrogen and oxygen atoms in total. The van der Waals surface area contributed by atoms with E-state index < -0.39 is 0 Å². The first-order chi connectivity index (χ1) is 13.9. The Balaban J connectivity index is 1.82. The van der Waals surface area contributed by atoms with Crippen molar-refractivity contribution < 1.29 is 14.3 Å². The largest absolute Gasteiger partial charge is 0.495 e. The number of para-hydroxylation sites is 2.